The lowest BCUT2D eigenvalue weighted by Gasteiger charge is -2.04. The summed E-state index contributed by atoms with van der Waals surface area (Å²) in [6.45, 7) is 2.33. The van der Waals surface area contributed by atoms with Gasteiger partial charge in [-0.15, -0.1) is 11.3 Å². The Morgan fingerprint density at radius 3 is 2.61 bits per heavy atom. The highest BCUT2D eigenvalue weighted by Gasteiger charge is 2.11. The smallest absolute Gasteiger partial charge is 0.303 e. The van der Waals surface area contributed by atoms with Gasteiger partial charge in [-0.3, -0.25) is 4.79 Å². The Morgan fingerprint density at radius 1 is 1.39 bits per heavy atom. The summed E-state index contributed by atoms with van der Waals surface area (Å²) in [7, 11) is -3.38. The molecule has 0 bridgehead atoms. The Morgan fingerprint density at radius 2 is 2.06 bits per heavy atom. The summed E-state index contributed by atoms with van der Waals surface area (Å²) in [6, 6.07) is 3.89. The first-order chi connectivity index (χ1) is 8.43. The van der Waals surface area contributed by atoms with Gasteiger partial charge in [0, 0.05) is 22.7 Å². The predicted molar refractivity (Wildman–Crippen MR) is 71.2 cm³/mol. The van der Waals surface area contributed by atoms with E-state index in [1.165, 1.54) is 4.88 Å². The van der Waals surface area contributed by atoms with Crippen molar-refractivity contribution >= 4 is 27.3 Å². The highest BCUT2D eigenvalue weighted by molar-refractivity contribution is 7.89. The number of carboxylic acid groups (broad SMARTS) is 1. The molecule has 0 unspecified atom stereocenters. The van der Waals surface area contributed by atoms with Crippen molar-refractivity contribution in [3.05, 3.63) is 21.9 Å². The number of thiophene rings is 1. The summed E-state index contributed by atoms with van der Waals surface area (Å²) >= 11 is 1.58. The van der Waals surface area contributed by atoms with Gasteiger partial charge < -0.3 is 5.11 Å². The van der Waals surface area contributed by atoms with Crippen LogP contribution in [0.4, 0.5) is 0 Å². The van der Waals surface area contributed by atoms with E-state index in [0.29, 0.717) is 0 Å². The van der Waals surface area contributed by atoms with Crippen molar-refractivity contribution in [1.29, 1.82) is 0 Å². The monoisotopic (exact) mass is 291 g/mol. The van der Waals surface area contributed by atoms with Gasteiger partial charge in [-0.1, -0.05) is 6.92 Å². The van der Waals surface area contributed by atoms with E-state index < -0.39 is 16.0 Å². The number of hydrogen-bond acceptors (Lipinski definition) is 4. The van der Waals surface area contributed by atoms with Gasteiger partial charge >= 0.3 is 5.97 Å². The molecule has 1 heterocycles. The molecule has 0 spiro atoms. The zero-order valence-corrected chi connectivity index (χ0v) is 11.8. The Hall–Kier alpha value is -0.920. The minimum Gasteiger partial charge on any atom is -0.481 e. The molecule has 0 aromatic carbocycles. The van der Waals surface area contributed by atoms with Gasteiger partial charge in [0.15, 0.2) is 0 Å². The molecule has 7 heteroatoms. The maximum absolute atomic E-state index is 11.6. The minimum absolute atomic E-state index is 0.125. The number of aliphatic carboxylic acids is 1. The van der Waals surface area contributed by atoms with Gasteiger partial charge in [-0.2, -0.15) is 0 Å². The molecule has 0 aliphatic heterocycles. The molecule has 0 atom stereocenters. The topological polar surface area (TPSA) is 83.5 Å². The molecular weight excluding hydrogens is 274 g/mol. The van der Waals surface area contributed by atoms with E-state index in [9.17, 15) is 13.2 Å². The predicted octanol–water partition coefficient (Wildman–Crippen LogP) is 1.59. The van der Waals surface area contributed by atoms with Crippen LogP contribution >= 0.6 is 11.3 Å². The molecule has 0 aliphatic carbocycles. The Labute approximate surface area is 111 Å². The molecule has 18 heavy (non-hydrogen) atoms. The quantitative estimate of drug-likeness (QED) is 0.762. The molecule has 0 fully saturated rings. The fraction of sp³-hybridized carbons (Fsp3) is 0.545. The van der Waals surface area contributed by atoms with E-state index in [1.807, 2.05) is 19.1 Å². The van der Waals surface area contributed by atoms with Gasteiger partial charge in [0.25, 0.3) is 0 Å². The van der Waals surface area contributed by atoms with E-state index in [1.54, 1.807) is 11.3 Å². The first kappa shape index (κ1) is 15.1. The summed E-state index contributed by atoms with van der Waals surface area (Å²) in [5.41, 5.74) is 0. The highest BCUT2D eigenvalue weighted by atomic mass is 32.2. The number of rotatable bonds is 8. The van der Waals surface area contributed by atoms with Crippen molar-refractivity contribution in [2.24, 2.45) is 0 Å². The van der Waals surface area contributed by atoms with Crippen LogP contribution in [0.25, 0.3) is 0 Å². The second-order valence-electron chi connectivity index (χ2n) is 3.86. The molecule has 0 amide bonds. The number of hydrogen-bond donors (Lipinski definition) is 2. The molecule has 2 N–H and O–H groups in total. The maximum atomic E-state index is 11.6. The summed E-state index contributed by atoms with van der Waals surface area (Å²) in [4.78, 5) is 12.5. The number of nitrogens with one attached hydrogen (secondary N) is 1. The zero-order valence-electron chi connectivity index (χ0n) is 10.2. The molecule has 1 aromatic rings. The van der Waals surface area contributed by atoms with Crippen LogP contribution in [-0.4, -0.2) is 25.2 Å². The molecule has 102 valence electrons. The van der Waals surface area contributed by atoms with Crippen molar-refractivity contribution in [3.8, 4) is 0 Å². The Kier molecular flexibility index (Phi) is 5.77. The van der Waals surface area contributed by atoms with Crippen molar-refractivity contribution < 1.29 is 18.3 Å². The Balaban J connectivity index is 2.39. The normalized spacial score (nSPS) is 11.6. The van der Waals surface area contributed by atoms with E-state index >= 15 is 0 Å². The fourth-order valence-corrected chi connectivity index (χ4v) is 3.41. The van der Waals surface area contributed by atoms with Crippen LogP contribution in [0.1, 0.15) is 29.5 Å². The third-order valence-corrected chi connectivity index (χ3v) is 4.98. The Bertz CT molecular complexity index is 493. The molecule has 1 aromatic heterocycles. The maximum Gasteiger partial charge on any atom is 0.303 e. The van der Waals surface area contributed by atoms with Crippen molar-refractivity contribution in [2.75, 3.05) is 5.75 Å². The van der Waals surface area contributed by atoms with Gasteiger partial charge in [-0.05, 0) is 25.0 Å². The van der Waals surface area contributed by atoms with Crippen LogP contribution < -0.4 is 4.72 Å². The molecule has 0 saturated heterocycles. The first-order valence-corrected chi connectivity index (χ1v) is 8.16. The number of carboxylic acids is 1. The number of aryl methyl sites for hydroxylation is 1. The third-order valence-electron chi connectivity index (χ3n) is 2.34. The summed E-state index contributed by atoms with van der Waals surface area (Å²) in [5, 5.41) is 8.43. The minimum atomic E-state index is -3.38. The average molecular weight is 291 g/mol. The lowest BCUT2D eigenvalue weighted by Crippen LogP contribution is -2.25. The molecular formula is C11H17NO4S2. The lowest BCUT2D eigenvalue weighted by molar-refractivity contribution is -0.137. The van der Waals surface area contributed by atoms with Crippen LogP contribution in [0.15, 0.2) is 12.1 Å². The van der Waals surface area contributed by atoms with E-state index in [-0.39, 0.29) is 25.1 Å². The fourth-order valence-electron chi connectivity index (χ4n) is 1.37. The van der Waals surface area contributed by atoms with Crippen LogP contribution in [0.2, 0.25) is 0 Å². The SMILES string of the molecule is CCc1ccc(CNS(=O)(=O)CCCC(=O)O)s1. The second kappa shape index (κ2) is 6.86. The van der Waals surface area contributed by atoms with E-state index in [4.69, 9.17) is 5.11 Å². The molecule has 0 saturated carbocycles. The lowest BCUT2D eigenvalue weighted by atomic mass is 10.3. The van der Waals surface area contributed by atoms with Gasteiger partial charge in [-0.25, -0.2) is 13.1 Å². The van der Waals surface area contributed by atoms with Crippen LogP contribution in [0.5, 0.6) is 0 Å². The van der Waals surface area contributed by atoms with Crippen molar-refractivity contribution in [3.63, 3.8) is 0 Å². The number of carbonyl (C=O) groups is 1. The third kappa shape index (κ3) is 5.61. The van der Waals surface area contributed by atoms with Crippen LogP contribution in [0, 0.1) is 0 Å². The van der Waals surface area contributed by atoms with Crippen LogP contribution in [0.3, 0.4) is 0 Å². The number of sulfonamides is 1. The van der Waals surface area contributed by atoms with E-state index in [0.717, 1.165) is 11.3 Å². The van der Waals surface area contributed by atoms with Crippen molar-refractivity contribution in [1.82, 2.24) is 4.72 Å². The largest absolute Gasteiger partial charge is 0.481 e. The highest BCUT2D eigenvalue weighted by Crippen LogP contribution is 2.16. The summed E-state index contributed by atoms with van der Waals surface area (Å²) in [5.74, 6) is -1.12. The second-order valence-corrected chi connectivity index (χ2v) is 7.04. The van der Waals surface area contributed by atoms with E-state index in [2.05, 4.69) is 4.72 Å². The molecule has 0 aliphatic rings. The average Bonchev–Trinajstić information content (AvgIpc) is 2.73. The first-order valence-electron chi connectivity index (χ1n) is 5.69. The molecule has 5 nitrogen and oxygen atoms in total. The summed E-state index contributed by atoms with van der Waals surface area (Å²) in [6.07, 6.45) is 0.950. The standard InChI is InChI=1S/C11H17NO4S2/c1-2-9-5-6-10(17-9)8-12-18(15,16)7-3-4-11(13)14/h5-6,12H,2-4,7-8H2,1H3,(H,13,14). The zero-order chi connectivity index (χ0) is 13.6. The molecule has 0 radical (unpaired) electrons. The van der Waals surface area contributed by atoms with Gasteiger partial charge in [0.1, 0.15) is 0 Å². The van der Waals surface area contributed by atoms with Gasteiger partial charge in [0.2, 0.25) is 10.0 Å². The van der Waals surface area contributed by atoms with Crippen molar-refractivity contribution in [2.45, 2.75) is 32.7 Å². The van der Waals surface area contributed by atoms with Gasteiger partial charge in [0.05, 0.1) is 5.75 Å². The summed E-state index contributed by atoms with van der Waals surface area (Å²) < 4.78 is 25.6. The molecule has 1 rings (SSSR count). The van der Waals surface area contributed by atoms with Crippen LogP contribution in [-0.2, 0) is 27.8 Å².